The molecule has 5 aromatic carbocycles. The van der Waals surface area contributed by atoms with Gasteiger partial charge in [-0.2, -0.15) is 0 Å². The summed E-state index contributed by atoms with van der Waals surface area (Å²) in [6, 6.07) is 32.6. The number of fused-ring (bicyclic) bond motifs is 2. The molecule has 7 rings (SSSR count). The fourth-order valence-corrected chi connectivity index (χ4v) is 7.99. The lowest BCUT2D eigenvalue weighted by atomic mass is 9.81. The van der Waals surface area contributed by atoms with Gasteiger partial charge in [0, 0.05) is 17.0 Å². The third-order valence-corrected chi connectivity index (χ3v) is 9.70. The molecule has 0 atom stereocenters. The fraction of sp³-hybridized carbons (Fsp3) is 0.167. The lowest BCUT2D eigenvalue weighted by molar-refractivity contribution is 0.427. The maximum atomic E-state index is 6.63. The number of rotatable bonds is 7. The Kier molecular flexibility index (Phi) is 7.58. The first-order chi connectivity index (χ1) is 21.3. The van der Waals surface area contributed by atoms with Gasteiger partial charge in [-0.05, 0) is 75.6 Å². The molecule has 0 bridgehead atoms. The third kappa shape index (κ3) is 5.56. The Morgan fingerprint density at radius 2 is 0.864 bits per heavy atom. The van der Waals surface area contributed by atoms with Gasteiger partial charge in [-0.15, -0.1) is 0 Å². The molecule has 0 saturated carbocycles. The summed E-state index contributed by atoms with van der Waals surface area (Å²) in [6.45, 7) is 10.4. The van der Waals surface area contributed by atoms with Gasteiger partial charge >= 0.3 is 17.2 Å². The van der Waals surface area contributed by atoms with Crippen molar-refractivity contribution >= 4 is 17.2 Å². The summed E-state index contributed by atoms with van der Waals surface area (Å²) in [5.41, 5.74) is 8.53. The minimum absolute atomic E-state index is 0.238. The molecule has 0 fully saturated rings. The molecule has 6 nitrogen and oxygen atoms in total. The molecule has 2 heterocycles. The van der Waals surface area contributed by atoms with Crippen molar-refractivity contribution in [2.24, 2.45) is 0 Å². The van der Waals surface area contributed by atoms with Gasteiger partial charge in [0.1, 0.15) is 11.5 Å². The molecule has 0 radical (unpaired) electrons. The minimum Gasteiger partial charge on any atom is -0.408 e. The van der Waals surface area contributed by atoms with E-state index in [4.69, 9.17) is 27.1 Å². The first kappa shape index (κ1) is 28.5. The first-order valence-electron chi connectivity index (χ1n) is 14.5. The minimum atomic E-state index is -1.68. The van der Waals surface area contributed by atoms with Crippen molar-refractivity contribution in [3.05, 3.63) is 142 Å². The van der Waals surface area contributed by atoms with Gasteiger partial charge < -0.3 is 27.1 Å². The maximum Gasteiger partial charge on any atom is 0.530 e. The summed E-state index contributed by atoms with van der Waals surface area (Å²) in [4.78, 5) is 0. The van der Waals surface area contributed by atoms with Crippen molar-refractivity contribution in [1.29, 1.82) is 0 Å². The Morgan fingerprint density at radius 1 is 0.477 bits per heavy atom. The zero-order chi connectivity index (χ0) is 30.4. The van der Waals surface area contributed by atoms with Crippen LogP contribution in [0.2, 0.25) is 0 Å². The molecule has 2 aliphatic heterocycles. The molecule has 0 aromatic heterocycles. The second kappa shape index (κ2) is 11.7. The van der Waals surface area contributed by atoms with Crippen LogP contribution in [-0.2, 0) is 0 Å². The van der Waals surface area contributed by atoms with E-state index >= 15 is 0 Å². The van der Waals surface area contributed by atoms with E-state index in [0.717, 1.165) is 50.4 Å². The van der Waals surface area contributed by atoms with Crippen LogP contribution in [0, 0.1) is 34.6 Å². The smallest absolute Gasteiger partial charge is 0.408 e. The van der Waals surface area contributed by atoms with Crippen molar-refractivity contribution in [1.82, 2.24) is 0 Å². The Bertz CT molecular complexity index is 1690. The lowest BCUT2D eigenvalue weighted by Gasteiger charge is -2.27. The summed E-state index contributed by atoms with van der Waals surface area (Å²) in [5.74, 6) is 3.97. The summed E-state index contributed by atoms with van der Waals surface area (Å²) in [6.07, 6.45) is 0. The summed E-state index contributed by atoms with van der Waals surface area (Å²) < 4.78 is 37.7. The Labute approximate surface area is 260 Å². The second-order valence-electron chi connectivity index (χ2n) is 11.2. The number of para-hydroxylation sites is 4. The molecule has 5 aromatic rings. The molecule has 44 heavy (non-hydrogen) atoms. The van der Waals surface area contributed by atoms with Gasteiger partial charge in [0.2, 0.25) is 0 Å². The van der Waals surface area contributed by atoms with Gasteiger partial charge in [0.25, 0.3) is 0 Å². The van der Waals surface area contributed by atoms with Crippen molar-refractivity contribution in [3.8, 4) is 34.5 Å². The fourth-order valence-electron chi connectivity index (χ4n) is 5.72. The topological polar surface area (TPSA) is 55.4 Å². The molecule has 0 aliphatic carbocycles. The van der Waals surface area contributed by atoms with Gasteiger partial charge in [-0.1, -0.05) is 89.5 Å². The van der Waals surface area contributed by atoms with E-state index < -0.39 is 17.2 Å². The molecule has 0 N–H and O–H groups in total. The number of hydrogen-bond donors (Lipinski definition) is 0. The normalized spacial score (nSPS) is 13.9. The van der Waals surface area contributed by atoms with Crippen LogP contribution in [0.3, 0.4) is 0 Å². The summed E-state index contributed by atoms with van der Waals surface area (Å²) >= 11 is 0. The highest BCUT2D eigenvalue weighted by Gasteiger charge is 2.35. The van der Waals surface area contributed by atoms with Gasteiger partial charge in [0.15, 0.2) is 23.0 Å². The summed E-state index contributed by atoms with van der Waals surface area (Å²) in [7, 11) is -3.37. The average Bonchev–Trinajstić information content (AvgIpc) is 3.60. The highest BCUT2D eigenvalue weighted by atomic mass is 31.2. The molecule has 8 heteroatoms. The highest BCUT2D eigenvalue weighted by Crippen LogP contribution is 2.57. The molecule has 0 amide bonds. The first-order valence-corrected chi connectivity index (χ1v) is 16.7. The molecule has 0 unspecified atom stereocenters. The van der Waals surface area contributed by atoms with E-state index in [2.05, 4.69) is 83.1 Å². The Morgan fingerprint density at radius 3 is 1.25 bits per heavy atom. The lowest BCUT2D eigenvalue weighted by Crippen LogP contribution is -2.11. The molecule has 222 valence electrons. The van der Waals surface area contributed by atoms with E-state index in [1.165, 1.54) is 5.56 Å². The van der Waals surface area contributed by atoms with Crippen LogP contribution in [0.1, 0.15) is 50.4 Å². The predicted octanol–water partition coefficient (Wildman–Crippen LogP) is 10.6. The van der Waals surface area contributed by atoms with Crippen LogP contribution in [0.15, 0.2) is 97.1 Å². The molecule has 0 saturated heterocycles. The zero-order valence-electron chi connectivity index (χ0n) is 25.2. The van der Waals surface area contributed by atoms with Crippen LogP contribution in [-0.4, -0.2) is 0 Å². The van der Waals surface area contributed by atoms with Crippen LogP contribution in [0.4, 0.5) is 0 Å². The molecule has 2 aliphatic rings. The van der Waals surface area contributed by atoms with Crippen molar-refractivity contribution in [2.75, 3.05) is 0 Å². The van der Waals surface area contributed by atoms with Crippen LogP contribution in [0.25, 0.3) is 0 Å². The third-order valence-electron chi connectivity index (χ3n) is 7.65. The van der Waals surface area contributed by atoms with Gasteiger partial charge in [0.05, 0.1) is 0 Å². The zero-order valence-corrected chi connectivity index (χ0v) is 26.9. The summed E-state index contributed by atoms with van der Waals surface area (Å²) in [5, 5.41) is 0. The SMILES string of the molecule is Cc1ccc(C(c2cc(C)cc(C)c2OP2Oc3ccccc3O2)c2cc(C)cc(C)c2OP2Oc3ccccc3O2)cc1. The number of benzene rings is 5. The maximum absolute atomic E-state index is 6.63. The largest absolute Gasteiger partial charge is 0.530 e. The van der Waals surface area contributed by atoms with Crippen molar-refractivity contribution in [2.45, 2.75) is 40.5 Å². The Balaban J connectivity index is 1.35. The Hall–Kier alpha value is -4.24. The van der Waals surface area contributed by atoms with E-state index in [-0.39, 0.29) is 5.92 Å². The van der Waals surface area contributed by atoms with E-state index in [1.807, 2.05) is 48.5 Å². The number of hydrogen-bond acceptors (Lipinski definition) is 6. The number of aryl methyl sites for hydroxylation is 5. The molecular weight excluding hydrogens is 590 g/mol. The van der Waals surface area contributed by atoms with Gasteiger partial charge in [-0.25, -0.2) is 0 Å². The van der Waals surface area contributed by atoms with Crippen LogP contribution < -0.4 is 27.1 Å². The van der Waals surface area contributed by atoms with Crippen LogP contribution >= 0.6 is 17.2 Å². The van der Waals surface area contributed by atoms with Crippen molar-refractivity contribution < 1.29 is 27.1 Å². The van der Waals surface area contributed by atoms with E-state index in [0.29, 0.717) is 23.0 Å². The van der Waals surface area contributed by atoms with E-state index in [1.54, 1.807) is 0 Å². The van der Waals surface area contributed by atoms with Crippen LogP contribution in [0.5, 0.6) is 34.5 Å². The van der Waals surface area contributed by atoms with E-state index in [9.17, 15) is 0 Å². The average molecular weight is 623 g/mol. The predicted molar refractivity (Wildman–Crippen MR) is 174 cm³/mol. The quantitative estimate of drug-likeness (QED) is 0.133. The van der Waals surface area contributed by atoms with Gasteiger partial charge in [-0.3, -0.25) is 0 Å². The standard InChI is InChI=1S/C36H32O6P2/c1-22-14-16-27(17-15-22)34(28-20-23(2)18-25(4)35(28)41-43-37-30-10-6-7-11-31(30)38-43)29-21-24(3)19-26(5)36(29)42-44-39-32-12-8-9-13-33(32)40-44/h6-21,34H,1-5H3. The van der Waals surface area contributed by atoms with Crippen molar-refractivity contribution in [3.63, 3.8) is 0 Å². The monoisotopic (exact) mass is 622 g/mol. The molecular formula is C36H32O6P2. The highest BCUT2D eigenvalue weighted by molar-refractivity contribution is 7.43. The second-order valence-corrected chi connectivity index (χ2v) is 13.2. The molecule has 0 spiro atoms.